The Morgan fingerprint density at radius 1 is 1.03 bits per heavy atom. The fraction of sp³-hybridized carbons (Fsp3) is 0.154. The minimum absolute atomic E-state index is 0.191. The summed E-state index contributed by atoms with van der Waals surface area (Å²) in [5, 5.41) is 0.383. The molecule has 32 heavy (non-hydrogen) atoms. The Kier molecular flexibility index (Phi) is 6.57. The average molecular weight is 448 g/mol. The number of cyclic esters (lactones) is 1. The molecule has 0 N–H and O–H groups in total. The number of aliphatic imine (C=N–C) groups is 1. The fourth-order valence-electron chi connectivity index (χ4n) is 3.30. The molecule has 0 saturated carbocycles. The number of benzene rings is 3. The summed E-state index contributed by atoms with van der Waals surface area (Å²) in [5.74, 6) is 0.714. The van der Waals surface area contributed by atoms with E-state index in [0.717, 1.165) is 16.7 Å². The maximum absolute atomic E-state index is 12.3. The van der Waals surface area contributed by atoms with Crippen LogP contribution in [0.5, 0.6) is 11.5 Å². The van der Waals surface area contributed by atoms with Crippen LogP contribution in [0.2, 0.25) is 5.02 Å². The molecule has 6 heteroatoms. The number of halogens is 1. The maximum atomic E-state index is 12.3. The topological polar surface area (TPSA) is 57.1 Å². The van der Waals surface area contributed by atoms with Gasteiger partial charge in [-0.05, 0) is 55.3 Å². The molecular formula is C26H22ClNO4. The van der Waals surface area contributed by atoms with Crippen LogP contribution in [0, 0.1) is 6.92 Å². The molecule has 0 fully saturated rings. The maximum Gasteiger partial charge on any atom is 0.363 e. The molecule has 162 valence electrons. The lowest BCUT2D eigenvalue weighted by Crippen LogP contribution is -2.05. The van der Waals surface area contributed by atoms with E-state index in [1.807, 2.05) is 62.4 Å². The molecule has 0 amide bonds. The first kappa shape index (κ1) is 21.7. The van der Waals surface area contributed by atoms with E-state index < -0.39 is 5.97 Å². The standard InChI is InChI=1S/C26H22ClNO4/c1-3-30-23-15-19(13-21(27)24(23)31-16-18-9-7-8-17(2)12-18)14-22-26(29)32-25(28-22)20-10-5-4-6-11-20/h4-15H,3,16H2,1-2H3/b22-14-. The van der Waals surface area contributed by atoms with Crippen molar-refractivity contribution in [1.82, 2.24) is 0 Å². The van der Waals surface area contributed by atoms with E-state index in [0.29, 0.717) is 35.3 Å². The van der Waals surface area contributed by atoms with Crippen molar-refractivity contribution >= 4 is 29.5 Å². The molecule has 0 bridgehead atoms. The number of esters is 1. The quantitative estimate of drug-likeness (QED) is 0.330. The van der Waals surface area contributed by atoms with Crippen molar-refractivity contribution in [3.05, 3.63) is 99.7 Å². The van der Waals surface area contributed by atoms with Gasteiger partial charge in [0, 0.05) is 5.56 Å². The molecule has 0 aliphatic carbocycles. The van der Waals surface area contributed by atoms with E-state index >= 15 is 0 Å². The summed E-state index contributed by atoms with van der Waals surface area (Å²) in [4.78, 5) is 16.7. The predicted molar refractivity (Wildman–Crippen MR) is 125 cm³/mol. The van der Waals surface area contributed by atoms with Crippen LogP contribution >= 0.6 is 11.6 Å². The van der Waals surface area contributed by atoms with Crippen molar-refractivity contribution in [2.75, 3.05) is 6.61 Å². The molecule has 0 spiro atoms. The van der Waals surface area contributed by atoms with Gasteiger partial charge in [-0.2, -0.15) is 0 Å². The molecule has 0 aromatic heterocycles. The second-order valence-corrected chi connectivity index (χ2v) is 7.65. The van der Waals surface area contributed by atoms with Crippen molar-refractivity contribution in [1.29, 1.82) is 0 Å². The number of aryl methyl sites for hydroxylation is 1. The lowest BCUT2D eigenvalue weighted by molar-refractivity contribution is -0.129. The van der Waals surface area contributed by atoms with Crippen molar-refractivity contribution in [3.63, 3.8) is 0 Å². The Morgan fingerprint density at radius 3 is 2.59 bits per heavy atom. The van der Waals surface area contributed by atoms with Gasteiger partial charge in [0.1, 0.15) is 6.61 Å². The van der Waals surface area contributed by atoms with Gasteiger partial charge in [0.2, 0.25) is 5.90 Å². The van der Waals surface area contributed by atoms with Gasteiger partial charge in [-0.15, -0.1) is 0 Å². The first-order valence-corrected chi connectivity index (χ1v) is 10.6. The van der Waals surface area contributed by atoms with Crippen LogP contribution in [-0.4, -0.2) is 18.5 Å². The molecule has 5 nitrogen and oxygen atoms in total. The number of ether oxygens (including phenoxy) is 3. The second-order valence-electron chi connectivity index (χ2n) is 7.24. The highest BCUT2D eigenvalue weighted by molar-refractivity contribution is 6.32. The molecule has 1 aliphatic rings. The highest BCUT2D eigenvalue weighted by atomic mass is 35.5. The Morgan fingerprint density at radius 2 is 1.84 bits per heavy atom. The summed E-state index contributed by atoms with van der Waals surface area (Å²) < 4.78 is 17.1. The van der Waals surface area contributed by atoms with E-state index in [1.165, 1.54) is 0 Å². The molecule has 0 radical (unpaired) electrons. The molecule has 4 rings (SSSR count). The van der Waals surface area contributed by atoms with E-state index in [1.54, 1.807) is 18.2 Å². The number of carbonyl (C=O) groups is 1. The fourth-order valence-corrected chi connectivity index (χ4v) is 3.58. The molecule has 0 saturated heterocycles. The summed E-state index contributed by atoms with van der Waals surface area (Å²) in [6.07, 6.45) is 1.62. The molecular weight excluding hydrogens is 426 g/mol. The molecule has 1 aliphatic heterocycles. The number of hydrogen-bond acceptors (Lipinski definition) is 5. The SMILES string of the molecule is CCOc1cc(/C=C2\N=C(c3ccccc3)OC2=O)cc(Cl)c1OCc1cccc(C)c1. The summed E-state index contributed by atoms with van der Waals surface area (Å²) in [6.45, 7) is 4.72. The monoisotopic (exact) mass is 447 g/mol. The molecule has 3 aromatic carbocycles. The van der Waals surface area contributed by atoms with E-state index in [4.69, 9.17) is 25.8 Å². The summed E-state index contributed by atoms with van der Waals surface area (Å²) >= 11 is 6.53. The van der Waals surface area contributed by atoms with Crippen molar-refractivity contribution in [2.45, 2.75) is 20.5 Å². The van der Waals surface area contributed by atoms with E-state index in [2.05, 4.69) is 11.1 Å². The van der Waals surface area contributed by atoms with E-state index in [9.17, 15) is 4.79 Å². The first-order valence-electron chi connectivity index (χ1n) is 10.3. The highest BCUT2D eigenvalue weighted by Gasteiger charge is 2.24. The third-order valence-electron chi connectivity index (χ3n) is 4.74. The average Bonchev–Trinajstić information content (AvgIpc) is 3.14. The minimum Gasteiger partial charge on any atom is -0.490 e. The number of hydrogen-bond donors (Lipinski definition) is 0. The van der Waals surface area contributed by atoms with Gasteiger partial charge in [0.15, 0.2) is 17.2 Å². The normalized spacial score (nSPS) is 14.3. The molecule has 0 unspecified atom stereocenters. The van der Waals surface area contributed by atoms with Crippen LogP contribution in [0.1, 0.15) is 29.2 Å². The van der Waals surface area contributed by atoms with Gasteiger partial charge in [-0.3, -0.25) is 0 Å². The van der Waals surface area contributed by atoms with Crippen LogP contribution < -0.4 is 9.47 Å². The van der Waals surface area contributed by atoms with Gasteiger partial charge < -0.3 is 14.2 Å². The number of nitrogens with zero attached hydrogens (tertiary/aromatic N) is 1. The highest BCUT2D eigenvalue weighted by Crippen LogP contribution is 2.38. The zero-order chi connectivity index (χ0) is 22.5. The molecule has 1 heterocycles. The molecule has 3 aromatic rings. The van der Waals surface area contributed by atoms with Gasteiger partial charge >= 0.3 is 5.97 Å². The Labute approximate surface area is 191 Å². The summed E-state index contributed by atoms with van der Waals surface area (Å²) in [7, 11) is 0. The molecule has 0 atom stereocenters. The van der Waals surface area contributed by atoms with Crippen molar-refractivity contribution < 1.29 is 19.0 Å². The van der Waals surface area contributed by atoms with Crippen LogP contribution in [-0.2, 0) is 16.1 Å². The third-order valence-corrected chi connectivity index (χ3v) is 5.02. The Bertz CT molecular complexity index is 1200. The van der Waals surface area contributed by atoms with Crippen LogP contribution in [0.4, 0.5) is 0 Å². The summed E-state index contributed by atoms with van der Waals surface area (Å²) in [5.41, 5.74) is 3.77. The summed E-state index contributed by atoms with van der Waals surface area (Å²) in [6, 6.07) is 20.8. The van der Waals surface area contributed by atoms with Gasteiger partial charge in [0.05, 0.1) is 11.6 Å². The van der Waals surface area contributed by atoms with Crippen LogP contribution in [0.25, 0.3) is 6.08 Å². The van der Waals surface area contributed by atoms with Gasteiger partial charge in [-0.1, -0.05) is 59.6 Å². The lowest BCUT2D eigenvalue weighted by Gasteiger charge is -2.15. The largest absolute Gasteiger partial charge is 0.490 e. The number of rotatable bonds is 7. The predicted octanol–water partition coefficient (Wildman–Crippen LogP) is 5.97. The zero-order valence-electron chi connectivity index (χ0n) is 17.8. The second kappa shape index (κ2) is 9.71. The zero-order valence-corrected chi connectivity index (χ0v) is 18.6. The van der Waals surface area contributed by atoms with E-state index in [-0.39, 0.29) is 11.6 Å². The lowest BCUT2D eigenvalue weighted by atomic mass is 10.1. The smallest absolute Gasteiger partial charge is 0.363 e. The minimum atomic E-state index is -0.516. The Balaban J connectivity index is 1.61. The van der Waals surface area contributed by atoms with Crippen LogP contribution in [0.3, 0.4) is 0 Å². The third kappa shape index (κ3) is 5.01. The number of carbonyl (C=O) groups excluding carboxylic acids is 1. The Hall–Kier alpha value is -3.57. The van der Waals surface area contributed by atoms with Crippen LogP contribution in [0.15, 0.2) is 77.4 Å². The van der Waals surface area contributed by atoms with Crippen molar-refractivity contribution in [3.8, 4) is 11.5 Å². The van der Waals surface area contributed by atoms with Crippen molar-refractivity contribution in [2.24, 2.45) is 4.99 Å². The van der Waals surface area contributed by atoms with Gasteiger partial charge in [-0.25, -0.2) is 9.79 Å². The first-order chi connectivity index (χ1) is 15.5. The van der Waals surface area contributed by atoms with Gasteiger partial charge in [0.25, 0.3) is 0 Å².